The zero-order valence-electron chi connectivity index (χ0n) is 11.3. The zero-order chi connectivity index (χ0) is 13.1. The Labute approximate surface area is 115 Å². The van der Waals surface area contributed by atoms with E-state index < -0.39 is 11.4 Å². The normalized spacial score (nSPS) is 17.3. The molecule has 1 aliphatic rings. The molecular formula is C12H24ClN3O2. The van der Waals surface area contributed by atoms with E-state index in [4.69, 9.17) is 5.73 Å². The van der Waals surface area contributed by atoms with Crippen molar-refractivity contribution in [3.8, 4) is 0 Å². The van der Waals surface area contributed by atoms with Gasteiger partial charge in [0, 0.05) is 5.92 Å². The highest BCUT2D eigenvalue weighted by atomic mass is 35.5. The molecule has 5 nitrogen and oxygen atoms in total. The maximum atomic E-state index is 12.1. The smallest absolute Gasteiger partial charge is 0.243 e. The topological polar surface area (TPSA) is 84.2 Å². The Bertz CT molecular complexity index is 302. The fourth-order valence-electron chi connectivity index (χ4n) is 2.07. The van der Waals surface area contributed by atoms with Gasteiger partial charge in [0.15, 0.2) is 0 Å². The predicted octanol–water partition coefficient (Wildman–Crippen LogP) is 0.424. The first-order chi connectivity index (χ1) is 7.96. The zero-order valence-corrected chi connectivity index (χ0v) is 12.1. The summed E-state index contributed by atoms with van der Waals surface area (Å²) in [6, 6.07) is 0. The van der Waals surface area contributed by atoms with Crippen LogP contribution >= 0.6 is 12.4 Å². The van der Waals surface area contributed by atoms with Crippen molar-refractivity contribution >= 4 is 24.2 Å². The van der Waals surface area contributed by atoms with Crippen molar-refractivity contribution in [2.75, 3.05) is 13.1 Å². The summed E-state index contributed by atoms with van der Waals surface area (Å²) in [7, 11) is 0. The minimum absolute atomic E-state index is 0. The largest absolute Gasteiger partial charge is 0.368 e. The van der Waals surface area contributed by atoms with Crippen LogP contribution in [0.5, 0.6) is 0 Å². The van der Waals surface area contributed by atoms with Crippen LogP contribution in [-0.4, -0.2) is 30.4 Å². The third kappa shape index (κ3) is 3.36. The lowest BCUT2D eigenvalue weighted by molar-refractivity contribution is -0.135. The highest BCUT2D eigenvalue weighted by Crippen LogP contribution is 2.20. The Morgan fingerprint density at radius 1 is 1.39 bits per heavy atom. The molecule has 1 atom stereocenters. The number of primary amides is 1. The molecule has 1 saturated heterocycles. The number of amides is 2. The van der Waals surface area contributed by atoms with E-state index in [-0.39, 0.29) is 24.2 Å². The van der Waals surface area contributed by atoms with E-state index in [9.17, 15) is 9.59 Å². The lowest BCUT2D eigenvalue weighted by atomic mass is 9.86. The van der Waals surface area contributed by atoms with Crippen molar-refractivity contribution in [2.24, 2.45) is 17.6 Å². The summed E-state index contributed by atoms with van der Waals surface area (Å²) in [6.45, 7) is 7.37. The highest BCUT2D eigenvalue weighted by Gasteiger charge is 2.37. The number of nitrogens with one attached hydrogen (secondary N) is 2. The summed E-state index contributed by atoms with van der Waals surface area (Å²) >= 11 is 0. The van der Waals surface area contributed by atoms with Crippen LogP contribution in [-0.2, 0) is 9.59 Å². The van der Waals surface area contributed by atoms with Gasteiger partial charge >= 0.3 is 0 Å². The van der Waals surface area contributed by atoms with Gasteiger partial charge in [0.05, 0.1) is 0 Å². The number of hydrogen-bond acceptors (Lipinski definition) is 3. The molecule has 4 N–H and O–H groups in total. The SMILES string of the molecule is CCC(CC)(NC(=O)C(C)C1CNC1)C(N)=O.Cl. The van der Waals surface area contributed by atoms with Gasteiger partial charge in [0.25, 0.3) is 0 Å². The molecule has 2 amide bonds. The fourth-order valence-corrected chi connectivity index (χ4v) is 2.07. The second-order valence-electron chi connectivity index (χ2n) is 4.85. The van der Waals surface area contributed by atoms with Crippen LogP contribution < -0.4 is 16.4 Å². The maximum absolute atomic E-state index is 12.1. The monoisotopic (exact) mass is 277 g/mol. The van der Waals surface area contributed by atoms with Crippen LogP contribution in [0.4, 0.5) is 0 Å². The maximum Gasteiger partial charge on any atom is 0.243 e. The average molecular weight is 278 g/mol. The third-order valence-electron chi connectivity index (χ3n) is 3.97. The van der Waals surface area contributed by atoms with Crippen LogP contribution in [0.2, 0.25) is 0 Å². The van der Waals surface area contributed by atoms with Crippen LogP contribution in [0.1, 0.15) is 33.6 Å². The molecule has 0 aromatic rings. The molecule has 0 radical (unpaired) electrons. The van der Waals surface area contributed by atoms with E-state index in [0.717, 1.165) is 13.1 Å². The molecule has 0 aromatic heterocycles. The number of hydrogen-bond donors (Lipinski definition) is 3. The molecule has 0 aromatic carbocycles. The van der Waals surface area contributed by atoms with Gasteiger partial charge in [0.1, 0.15) is 5.54 Å². The Hall–Kier alpha value is -0.810. The molecular weight excluding hydrogens is 254 g/mol. The van der Waals surface area contributed by atoms with E-state index in [1.54, 1.807) is 0 Å². The first-order valence-electron chi connectivity index (χ1n) is 6.29. The molecule has 18 heavy (non-hydrogen) atoms. The van der Waals surface area contributed by atoms with Crippen molar-refractivity contribution in [1.29, 1.82) is 0 Å². The molecule has 6 heteroatoms. The molecule has 1 fully saturated rings. The van der Waals surface area contributed by atoms with E-state index in [0.29, 0.717) is 18.8 Å². The van der Waals surface area contributed by atoms with Crippen molar-refractivity contribution in [2.45, 2.75) is 39.2 Å². The number of carbonyl (C=O) groups is 2. The van der Waals surface area contributed by atoms with E-state index in [2.05, 4.69) is 10.6 Å². The summed E-state index contributed by atoms with van der Waals surface area (Å²) in [6.07, 6.45) is 1.06. The molecule has 1 heterocycles. The Balaban J connectivity index is 0.00000289. The van der Waals surface area contributed by atoms with Gasteiger partial charge in [-0.3, -0.25) is 9.59 Å². The molecule has 1 aliphatic heterocycles. The summed E-state index contributed by atoms with van der Waals surface area (Å²) in [5.41, 5.74) is 4.51. The highest BCUT2D eigenvalue weighted by molar-refractivity contribution is 5.91. The number of rotatable bonds is 6. The van der Waals surface area contributed by atoms with Crippen molar-refractivity contribution in [1.82, 2.24) is 10.6 Å². The minimum Gasteiger partial charge on any atom is -0.368 e. The van der Waals surface area contributed by atoms with E-state index >= 15 is 0 Å². The van der Waals surface area contributed by atoms with Crippen LogP contribution in [0.25, 0.3) is 0 Å². The summed E-state index contributed by atoms with van der Waals surface area (Å²) in [5.74, 6) is -0.226. The standard InChI is InChI=1S/C12H23N3O2.ClH/c1-4-12(5-2,11(13)17)15-10(16)8(3)9-6-14-7-9;/h8-9,14H,4-7H2,1-3H3,(H2,13,17)(H,15,16);1H. The molecule has 106 valence electrons. The molecule has 0 spiro atoms. The molecule has 1 rings (SSSR count). The minimum atomic E-state index is -0.886. The first kappa shape index (κ1) is 17.2. The van der Waals surface area contributed by atoms with Gasteiger partial charge < -0.3 is 16.4 Å². The number of carbonyl (C=O) groups excluding carboxylic acids is 2. The summed E-state index contributed by atoms with van der Waals surface area (Å²) in [5, 5.41) is 5.98. The van der Waals surface area contributed by atoms with E-state index in [1.165, 1.54) is 0 Å². The average Bonchev–Trinajstić information content (AvgIpc) is 2.22. The van der Waals surface area contributed by atoms with Crippen molar-refractivity contribution < 1.29 is 9.59 Å². The van der Waals surface area contributed by atoms with Gasteiger partial charge in [-0.05, 0) is 31.8 Å². The van der Waals surface area contributed by atoms with Gasteiger partial charge in [-0.1, -0.05) is 20.8 Å². The quantitative estimate of drug-likeness (QED) is 0.658. The summed E-state index contributed by atoms with van der Waals surface area (Å²) in [4.78, 5) is 23.6. The van der Waals surface area contributed by atoms with Gasteiger partial charge in [-0.2, -0.15) is 0 Å². The van der Waals surface area contributed by atoms with E-state index in [1.807, 2.05) is 20.8 Å². The van der Waals surface area contributed by atoms with Crippen LogP contribution in [0.15, 0.2) is 0 Å². The lowest BCUT2D eigenvalue weighted by Crippen LogP contribution is -2.59. The number of halogens is 1. The molecule has 0 saturated carbocycles. The Morgan fingerprint density at radius 2 is 1.89 bits per heavy atom. The number of nitrogens with two attached hydrogens (primary N) is 1. The van der Waals surface area contributed by atoms with Crippen molar-refractivity contribution in [3.05, 3.63) is 0 Å². The summed E-state index contributed by atoms with van der Waals surface area (Å²) < 4.78 is 0. The molecule has 1 unspecified atom stereocenters. The van der Waals surface area contributed by atoms with Gasteiger partial charge in [-0.25, -0.2) is 0 Å². The predicted molar refractivity (Wildman–Crippen MR) is 73.4 cm³/mol. The van der Waals surface area contributed by atoms with Gasteiger partial charge in [-0.15, -0.1) is 12.4 Å². The second kappa shape index (κ2) is 6.95. The Kier molecular flexibility index (Phi) is 6.63. The van der Waals surface area contributed by atoms with Crippen molar-refractivity contribution in [3.63, 3.8) is 0 Å². The third-order valence-corrected chi connectivity index (χ3v) is 3.97. The Morgan fingerprint density at radius 3 is 2.17 bits per heavy atom. The fraction of sp³-hybridized carbons (Fsp3) is 0.833. The second-order valence-corrected chi connectivity index (χ2v) is 4.85. The molecule has 0 aliphatic carbocycles. The van der Waals surface area contributed by atoms with Gasteiger partial charge in [0.2, 0.25) is 11.8 Å². The lowest BCUT2D eigenvalue weighted by Gasteiger charge is -2.35. The van der Waals surface area contributed by atoms with Crippen LogP contribution in [0, 0.1) is 11.8 Å². The molecule has 0 bridgehead atoms. The van der Waals surface area contributed by atoms with Crippen LogP contribution in [0.3, 0.4) is 0 Å². The first-order valence-corrected chi connectivity index (χ1v) is 6.29.